The van der Waals surface area contributed by atoms with E-state index in [-0.39, 0.29) is 5.56 Å². The summed E-state index contributed by atoms with van der Waals surface area (Å²) < 4.78 is 11.2. The third kappa shape index (κ3) is 2.57. The van der Waals surface area contributed by atoms with Gasteiger partial charge in [0, 0.05) is 10.3 Å². The van der Waals surface area contributed by atoms with Crippen LogP contribution in [0.5, 0.6) is 5.75 Å². The second kappa shape index (κ2) is 5.46. The zero-order chi connectivity index (χ0) is 15.9. The first-order chi connectivity index (χ1) is 10.5. The van der Waals surface area contributed by atoms with Crippen molar-refractivity contribution in [1.29, 1.82) is 0 Å². The summed E-state index contributed by atoms with van der Waals surface area (Å²) in [5, 5.41) is 10.8. The number of furan rings is 1. The Kier molecular flexibility index (Phi) is 3.62. The van der Waals surface area contributed by atoms with E-state index < -0.39 is 5.97 Å². The molecule has 0 atom stereocenters. The van der Waals surface area contributed by atoms with E-state index in [2.05, 4.69) is 4.98 Å². The molecule has 1 aromatic carbocycles. The number of ether oxygens (including phenoxy) is 1. The number of aryl methyl sites for hydroxylation is 3. The van der Waals surface area contributed by atoms with Crippen molar-refractivity contribution in [1.82, 2.24) is 4.98 Å². The van der Waals surface area contributed by atoms with Crippen molar-refractivity contribution >= 4 is 28.3 Å². The molecule has 2 heterocycles. The number of thiazole rings is 1. The van der Waals surface area contributed by atoms with Gasteiger partial charge in [-0.2, -0.15) is 0 Å². The predicted molar refractivity (Wildman–Crippen MR) is 83.8 cm³/mol. The van der Waals surface area contributed by atoms with Crippen LogP contribution in [0.15, 0.2) is 22.6 Å². The molecule has 0 amide bonds. The summed E-state index contributed by atoms with van der Waals surface area (Å²) in [6.45, 7) is 5.97. The number of fused-ring (bicyclic) bond motifs is 1. The minimum absolute atomic E-state index is 0.182. The molecule has 0 unspecified atom stereocenters. The van der Waals surface area contributed by atoms with Gasteiger partial charge in [-0.05, 0) is 39.0 Å². The molecule has 114 valence electrons. The highest BCUT2D eigenvalue weighted by Crippen LogP contribution is 2.29. The van der Waals surface area contributed by atoms with Crippen LogP contribution in [0.2, 0.25) is 0 Å². The number of aromatic nitrogens is 1. The number of nitrogens with zero attached hydrogens (tertiary/aromatic N) is 1. The fourth-order valence-electron chi connectivity index (χ4n) is 2.41. The zero-order valence-corrected chi connectivity index (χ0v) is 13.3. The van der Waals surface area contributed by atoms with Crippen LogP contribution in [0.4, 0.5) is 0 Å². The van der Waals surface area contributed by atoms with E-state index in [0.29, 0.717) is 29.1 Å². The minimum atomic E-state index is -1.00. The van der Waals surface area contributed by atoms with Crippen LogP contribution in [0.3, 0.4) is 0 Å². The Bertz CT molecular complexity index is 863. The molecule has 5 nitrogen and oxygen atoms in total. The van der Waals surface area contributed by atoms with E-state index in [4.69, 9.17) is 9.15 Å². The second-order valence-corrected chi connectivity index (χ2v) is 6.43. The Labute approximate surface area is 131 Å². The molecule has 2 aromatic heterocycles. The third-order valence-electron chi connectivity index (χ3n) is 3.42. The van der Waals surface area contributed by atoms with Crippen LogP contribution in [0.1, 0.15) is 31.7 Å². The summed E-state index contributed by atoms with van der Waals surface area (Å²) in [6, 6.07) is 5.19. The van der Waals surface area contributed by atoms with Crippen LogP contribution >= 0.6 is 11.3 Å². The number of carbonyl (C=O) groups is 1. The lowest BCUT2D eigenvalue weighted by molar-refractivity contribution is 0.0697. The average molecular weight is 317 g/mol. The molecule has 0 saturated carbocycles. The van der Waals surface area contributed by atoms with Gasteiger partial charge in [-0.15, -0.1) is 11.3 Å². The first-order valence-corrected chi connectivity index (χ1v) is 7.59. The largest absolute Gasteiger partial charge is 0.487 e. The molecule has 1 N–H and O–H groups in total. The quantitative estimate of drug-likeness (QED) is 0.784. The number of hydrogen-bond donors (Lipinski definition) is 1. The summed E-state index contributed by atoms with van der Waals surface area (Å²) in [4.78, 5) is 16.9. The van der Waals surface area contributed by atoms with Gasteiger partial charge in [0.2, 0.25) is 0 Å². The second-order valence-electron chi connectivity index (χ2n) is 5.02. The molecule has 0 bridgehead atoms. The Morgan fingerprint density at radius 2 is 2.14 bits per heavy atom. The molecule has 3 rings (SSSR count). The third-order valence-corrected chi connectivity index (χ3v) is 4.35. The van der Waals surface area contributed by atoms with E-state index in [1.807, 2.05) is 13.8 Å². The van der Waals surface area contributed by atoms with Crippen molar-refractivity contribution in [3.05, 3.63) is 45.1 Å². The van der Waals surface area contributed by atoms with Crippen molar-refractivity contribution in [3.8, 4) is 5.75 Å². The van der Waals surface area contributed by atoms with E-state index >= 15 is 0 Å². The van der Waals surface area contributed by atoms with Crippen LogP contribution < -0.4 is 4.74 Å². The molecule has 0 aliphatic carbocycles. The van der Waals surface area contributed by atoms with Gasteiger partial charge in [0.15, 0.2) is 0 Å². The number of rotatable bonds is 4. The maximum atomic E-state index is 11.3. The lowest BCUT2D eigenvalue weighted by Gasteiger charge is -2.05. The first-order valence-electron chi connectivity index (χ1n) is 6.78. The molecular formula is C16H15NO4S. The van der Waals surface area contributed by atoms with Gasteiger partial charge >= 0.3 is 5.97 Å². The van der Waals surface area contributed by atoms with Crippen LogP contribution in [-0.4, -0.2) is 16.1 Å². The van der Waals surface area contributed by atoms with E-state index in [1.165, 1.54) is 0 Å². The van der Waals surface area contributed by atoms with Crippen molar-refractivity contribution < 1.29 is 19.1 Å². The fraction of sp³-hybridized carbons (Fsp3) is 0.250. The molecular weight excluding hydrogens is 302 g/mol. The molecule has 3 aromatic rings. The summed E-state index contributed by atoms with van der Waals surface area (Å²) >= 11 is 1.63. The first kappa shape index (κ1) is 14.6. The molecule has 0 fully saturated rings. The number of carboxylic acids is 1. The Morgan fingerprint density at radius 1 is 1.36 bits per heavy atom. The molecule has 0 spiro atoms. The summed E-state index contributed by atoms with van der Waals surface area (Å²) in [5.74, 6) is -0.00848. The number of benzene rings is 1. The fourth-order valence-corrected chi connectivity index (χ4v) is 3.23. The number of aromatic carboxylic acids is 1. The van der Waals surface area contributed by atoms with Crippen molar-refractivity contribution in [2.75, 3.05) is 0 Å². The molecule has 6 heteroatoms. The Hall–Kier alpha value is -2.34. The van der Waals surface area contributed by atoms with Gasteiger partial charge in [-0.1, -0.05) is 0 Å². The van der Waals surface area contributed by atoms with Gasteiger partial charge in [0.1, 0.15) is 29.3 Å². The van der Waals surface area contributed by atoms with Gasteiger partial charge < -0.3 is 14.3 Å². The van der Waals surface area contributed by atoms with Gasteiger partial charge in [-0.25, -0.2) is 9.78 Å². The van der Waals surface area contributed by atoms with Gasteiger partial charge in [0.25, 0.3) is 0 Å². The van der Waals surface area contributed by atoms with Crippen molar-refractivity contribution in [3.63, 3.8) is 0 Å². The molecule has 0 aliphatic heterocycles. The van der Waals surface area contributed by atoms with E-state index in [0.717, 1.165) is 15.6 Å². The average Bonchev–Trinajstić information content (AvgIpc) is 2.94. The molecule has 0 radical (unpaired) electrons. The van der Waals surface area contributed by atoms with E-state index in [1.54, 1.807) is 36.5 Å². The molecule has 22 heavy (non-hydrogen) atoms. The summed E-state index contributed by atoms with van der Waals surface area (Å²) in [6.07, 6.45) is 0. The highest BCUT2D eigenvalue weighted by Gasteiger charge is 2.18. The SMILES string of the molecule is Cc1nc(COc2ccc3oc(C)c(C(=O)O)c3c2)c(C)s1. The topological polar surface area (TPSA) is 72.6 Å². The minimum Gasteiger partial charge on any atom is -0.487 e. The maximum Gasteiger partial charge on any atom is 0.339 e. The predicted octanol–water partition coefficient (Wildman–Crippen LogP) is 4.09. The summed E-state index contributed by atoms with van der Waals surface area (Å²) in [7, 11) is 0. The molecule has 0 saturated heterocycles. The normalized spacial score (nSPS) is 11.0. The zero-order valence-electron chi connectivity index (χ0n) is 12.5. The van der Waals surface area contributed by atoms with Crippen LogP contribution in [0, 0.1) is 20.8 Å². The number of hydrogen-bond acceptors (Lipinski definition) is 5. The highest BCUT2D eigenvalue weighted by atomic mass is 32.1. The summed E-state index contributed by atoms with van der Waals surface area (Å²) in [5.41, 5.74) is 1.63. The van der Waals surface area contributed by atoms with Gasteiger partial charge in [0.05, 0.1) is 10.7 Å². The van der Waals surface area contributed by atoms with Crippen molar-refractivity contribution in [2.45, 2.75) is 27.4 Å². The lowest BCUT2D eigenvalue weighted by atomic mass is 10.1. The van der Waals surface area contributed by atoms with Gasteiger partial charge in [-0.3, -0.25) is 0 Å². The Balaban J connectivity index is 1.90. The monoisotopic (exact) mass is 317 g/mol. The highest BCUT2D eigenvalue weighted by molar-refractivity contribution is 7.11. The van der Waals surface area contributed by atoms with Crippen molar-refractivity contribution in [2.24, 2.45) is 0 Å². The number of carboxylic acid groups (broad SMARTS) is 1. The Morgan fingerprint density at radius 3 is 2.77 bits per heavy atom. The van der Waals surface area contributed by atoms with Crippen LogP contribution in [0.25, 0.3) is 11.0 Å². The molecule has 0 aliphatic rings. The lowest BCUT2D eigenvalue weighted by Crippen LogP contribution is -1.99. The smallest absolute Gasteiger partial charge is 0.339 e. The van der Waals surface area contributed by atoms with Crippen LogP contribution in [-0.2, 0) is 6.61 Å². The standard InChI is InChI=1S/C16H15NO4S/c1-8-15(16(18)19)12-6-11(4-5-14(12)21-8)20-7-13-9(2)22-10(3)17-13/h4-6H,7H2,1-3H3,(H,18,19). The van der Waals surface area contributed by atoms with E-state index in [9.17, 15) is 9.90 Å². The maximum absolute atomic E-state index is 11.3.